The molecule has 0 aliphatic heterocycles. The highest BCUT2D eigenvalue weighted by molar-refractivity contribution is 9.10. The Bertz CT molecular complexity index is 1840. The van der Waals surface area contributed by atoms with Gasteiger partial charge in [0.25, 0.3) is 5.69 Å². The molecular formula is C29H25Br2N3O6S. The van der Waals surface area contributed by atoms with Crippen LogP contribution >= 0.6 is 31.9 Å². The maximum absolute atomic E-state index is 14.5. The van der Waals surface area contributed by atoms with Crippen molar-refractivity contribution in [1.29, 1.82) is 0 Å². The zero-order valence-corrected chi connectivity index (χ0v) is 26.0. The minimum atomic E-state index is -4.95. The number of ketones is 1. The standard InChI is InChI=1S/C29H25Br2N3O6S/c1-40-24-5-3-4-22(16-24)33(41(2,38,39)25-10-8-21(9-11-25)34(36)37)18-23(35)17-32-28-12-6-19(30)14-26(28)27-15-20(31)7-13-29(27)32/h3-16H,17-18H2,1-2H3,(H,38,39). The number of carbonyl (C=O) groups is 1. The van der Waals surface area contributed by atoms with E-state index in [0.717, 1.165) is 41.3 Å². The molecule has 0 amide bonds. The number of carbonyl (C=O) groups excluding carboxylic acids is 1. The molecule has 212 valence electrons. The van der Waals surface area contributed by atoms with Gasteiger partial charge in [-0.25, -0.2) is 0 Å². The lowest BCUT2D eigenvalue weighted by molar-refractivity contribution is -0.384. The van der Waals surface area contributed by atoms with Crippen LogP contribution in [0.3, 0.4) is 0 Å². The number of methoxy groups -OCH3 is 1. The smallest absolute Gasteiger partial charge is 0.269 e. The van der Waals surface area contributed by atoms with Crippen molar-refractivity contribution in [3.05, 3.63) is 104 Å². The van der Waals surface area contributed by atoms with Gasteiger partial charge in [0.15, 0.2) is 5.78 Å². The Kier molecular flexibility index (Phi) is 7.53. The molecule has 0 saturated heterocycles. The van der Waals surface area contributed by atoms with Crippen molar-refractivity contribution in [2.45, 2.75) is 11.4 Å². The van der Waals surface area contributed by atoms with Gasteiger partial charge in [-0.05, 0) is 60.7 Å². The number of Topliss-reactive ketones (excluding diaryl/α,β-unsaturated/α-hetero) is 1. The molecule has 0 aliphatic rings. The second kappa shape index (κ2) is 10.7. The number of fused-ring (bicyclic) bond motifs is 3. The van der Waals surface area contributed by atoms with E-state index < -0.39 is 21.0 Å². The minimum absolute atomic E-state index is 0.0604. The first-order valence-electron chi connectivity index (χ1n) is 12.3. The number of benzene rings is 4. The second-order valence-electron chi connectivity index (χ2n) is 9.67. The third kappa shape index (κ3) is 5.52. The summed E-state index contributed by atoms with van der Waals surface area (Å²) in [6.45, 7) is -0.482. The first-order valence-corrected chi connectivity index (χ1v) is 16.2. The number of nitrogens with zero attached hydrogens (tertiary/aromatic N) is 3. The van der Waals surface area contributed by atoms with Gasteiger partial charge in [-0.2, -0.15) is 4.21 Å². The van der Waals surface area contributed by atoms with Gasteiger partial charge in [-0.1, -0.05) is 37.9 Å². The Labute approximate surface area is 252 Å². The van der Waals surface area contributed by atoms with E-state index in [9.17, 15) is 23.7 Å². The first-order chi connectivity index (χ1) is 19.4. The molecule has 0 unspecified atom stereocenters. The molecule has 0 bridgehead atoms. The SMILES string of the molecule is COc1cccc(N(CC(=O)Cn2c3ccc(Br)cc3c3cc(Br)ccc32)S(C)(=O)(O)c2ccc([N+](=O)[O-])cc2)c1. The van der Waals surface area contributed by atoms with Gasteiger partial charge in [0.2, 0.25) is 0 Å². The van der Waals surface area contributed by atoms with Crippen LogP contribution in [-0.4, -0.2) is 43.9 Å². The summed E-state index contributed by atoms with van der Waals surface area (Å²) in [6.07, 6.45) is 1.14. The molecular weight excluding hydrogens is 678 g/mol. The molecule has 0 saturated carbocycles. The third-order valence-electron chi connectivity index (χ3n) is 6.89. The summed E-state index contributed by atoms with van der Waals surface area (Å²) in [5.41, 5.74) is 1.76. The molecule has 1 heterocycles. The number of halogens is 2. The van der Waals surface area contributed by atoms with E-state index in [1.54, 1.807) is 24.3 Å². The van der Waals surface area contributed by atoms with Crippen molar-refractivity contribution >= 4 is 80.4 Å². The predicted octanol–water partition coefficient (Wildman–Crippen LogP) is 7.21. The van der Waals surface area contributed by atoms with Crippen LogP contribution in [-0.2, 0) is 20.9 Å². The fourth-order valence-corrected chi connectivity index (χ4v) is 7.67. The zero-order chi connectivity index (χ0) is 29.6. The van der Waals surface area contributed by atoms with Crippen molar-refractivity contribution in [3.63, 3.8) is 0 Å². The number of hydrogen-bond donors (Lipinski definition) is 1. The monoisotopic (exact) mass is 701 g/mol. The van der Waals surface area contributed by atoms with Gasteiger partial charge in [0.1, 0.15) is 5.75 Å². The number of anilines is 1. The first kappa shape index (κ1) is 28.9. The predicted molar refractivity (Wildman–Crippen MR) is 168 cm³/mol. The summed E-state index contributed by atoms with van der Waals surface area (Å²) in [6, 6.07) is 23.0. The van der Waals surface area contributed by atoms with Crippen LogP contribution in [0.25, 0.3) is 21.8 Å². The van der Waals surface area contributed by atoms with E-state index in [0.29, 0.717) is 5.75 Å². The second-order valence-corrected chi connectivity index (χ2v) is 14.9. The van der Waals surface area contributed by atoms with E-state index in [1.807, 2.05) is 41.0 Å². The number of aromatic nitrogens is 1. The van der Waals surface area contributed by atoms with E-state index in [4.69, 9.17) is 4.74 Å². The topological polar surface area (TPSA) is 115 Å². The van der Waals surface area contributed by atoms with Crippen LogP contribution < -0.4 is 9.04 Å². The molecule has 0 spiro atoms. The number of hydrogen-bond acceptors (Lipinski definition) is 5. The Morgan fingerprint density at radius 3 is 2.10 bits per heavy atom. The highest BCUT2D eigenvalue weighted by Crippen LogP contribution is 2.39. The molecule has 12 heteroatoms. The van der Waals surface area contributed by atoms with E-state index in [1.165, 1.54) is 31.4 Å². The normalized spacial score (nSPS) is 12.7. The lowest BCUT2D eigenvalue weighted by Gasteiger charge is -2.49. The molecule has 9 nitrogen and oxygen atoms in total. The quantitative estimate of drug-likeness (QED) is 0.128. The minimum Gasteiger partial charge on any atom is -0.497 e. The Balaban J connectivity index is 1.59. The Hall–Kier alpha value is -3.58. The largest absolute Gasteiger partial charge is 0.497 e. The van der Waals surface area contributed by atoms with Crippen LogP contribution in [0.2, 0.25) is 0 Å². The van der Waals surface area contributed by atoms with Gasteiger partial charge >= 0.3 is 0 Å². The van der Waals surface area contributed by atoms with Gasteiger partial charge in [-0.15, -0.1) is 9.53 Å². The average Bonchev–Trinajstić information content (AvgIpc) is 3.22. The van der Waals surface area contributed by atoms with Crippen LogP contribution in [0.5, 0.6) is 5.75 Å². The van der Waals surface area contributed by atoms with Crippen molar-refractivity contribution < 1.29 is 23.2 Å². The van der Waals surface area contributed by atoms with E-state index >= 15 is 0 Å². The molecule has 1 aromatic heterocycles. The Morgan fingerprint density at radius 1 is 0.976 bits per heavy atom. The molecule has 5 rings (SSSR count). The summed E-state index contributed by atoms with van der Waals surface area (Å²) < 4.78 is 36.5. The van der Waals surface area contributed by atoms with E-state index in [2.05, 4.69) is 31.9 Å². The van der Waals surface area contributed by atoms with Crippen molar-refractivity contribution in [2.24, 2.45) is 0 Å². The third-order valence-corrected chi connectivity index (χ3v) is 10.6. The van der Waals surface area contributed by atoms with Gasteiger partial charge < -0.3 is 9.30 Å². The van der Waals surface area contributed by atoms with Crippen molar-refractivity contribution in [1.82, 2.24) is 4.57 Å². The fraction of sp³-hybridized carbons (Fsp3) is 0.138. The molecule has 0 fully saturated rings. The maximum Gasteiger partial charge on any atom is 0.269 e. The summed E-state index contributed by atoms with van der Waals surface area (Å²) in [7, 11) is -3.48. The van der Waals surface area contributed by atoms with Crippen LogP contribution in [0.1, 0.15) is 0 Å². The van der Waals surface area contributed by atoms with Gasteiger partial charge in [0.05, 0.1) is 35.7 Å². The van der Waals surface area contributed by atoms with Crippen LogP contribution in [0, 0.1) is 10.1 Å². The summed E-state index contributed by atoms with van der Waals surface area (Å²) in [4.78, 5) is 24.3. The molecule has 41 heavy (non-hydrogen) atoms. The number of nitro benzene ring substituents is 1. The highest BCUT2D eigenvalue weighted by Gasteiger charge is 2.35. The summed E-state index contributed by atoms with van der Waals surface area (Å²) >= 11 is 7.06. The van der Waals surface area contributed by atoms with Gasteiger partial charge in [-0.3, -0.25) is 23.8 Å². The molecule has 0 radical (unpaired) electrons. The highest BCUT2D eigenvalue weighted by atomic mass is 79.9. The van der Waals surface area contributed by atoms with Crippen LogP contribution in [0.4, 0.5) is 11.4 Å². The number of ether oxygens (including phenoxy) is 1. The molecule has 1 N–H and O–H groups in total. The van der Waals surface area contributed by atoms with Crippen molar-refractivity contribution in [3.8, 4) is 5.75 Å². The Morgan fingerprint density at radius 2 is 1.56 bits per heavy atom. The summed E-state index contributed by atoms with van der Waals surface area (Å²) in [5.74, 6) is 0.111. The molecule has 0 atom stereocenters. The maximum atomic E-state index is 14.5. The number of nitro groups is 1. The number of non-ortho nitro benzene ring substituents is 1. The lowest BCUT2D eigenvalue weighted by atomic mass is 10.2. The number of rotatable bonds is 9. The summed E-state index contributed by atoms with van der Waals surface area (Å²) in [5, 5.41) is 13.1. The van der Waals surface area contributed by atoms with Crippen molar-refractivity contribution in [2.75, 3.05) is 24.2 Å². The average molecular weight is 703 g/mol. The molecule has 4 aromatic carbocycles. The lowest BCUT2D eigenvalue weighted by Crippen LogP contribution is -2.52. The zero-order valence-electron chi connectivity index (χ0n) is 22.0. The van der Waals surface area contributed by atoms with E-state index in [-0.39, 0.29) is 28.6 Å². The van der Waals surface area contributed by atoms with Crippen LogP contribution in [0.15, 0.2) is 98.8 Å². The molecule has 5 aromatic rings. The van der Waals surface area contributed by atoms with Gasteiger partial charge in [0, 0.05) is 55.2 Å². The molecule has 0 aliphatic carbocycles. The fourth-order valence-electron chi connectivity index (χ4n) is 4.87.